The van der Waals surface area contributed by atoms with Crippen LogP contribution in [-0.2, 0) is 16.1 Å². The van der Waals surface area contributed by atoms with Crippen LogP contribution in [0.3, 0.4) is 0 Å². The Hall–Kier alpha value is -2.33. The molecule has 3 aromatic rings. The van der Waals surface area contributed by atoms with Crippen LogP contribution in [0.1, 0.15) is 17.4 Å². The van der Waals surface area contributed by atoms with Crippen molar-refractivity contribution in [2.45, 2.75) is 20.4 Å². The third-order valence-corrected chi connectivity index (χ3v) is 6.54. The van der Waals surface area contributed by atoms with E-state index in [1.165, 1.54) is 29.6 Å². The number of thiophene rings is 1. The molecule has 0 aliphatic rings. The van der Waals surface area contributed by atoms with Gasteiger partial charge in [-0.1, -0.05) is 34.3 Å². The van der Waals surface area contributed by atoms with Crippen LogP contribution in [0.2, 0.25) is 5.02 Å². The van der Waals surface area contributed by atoms with Gasteiger partial charge in [0.15, 0.2) is 4.80 Å². The highest BCUT2D eigenvalue weighted by Gasteiger charge is 2.12. The molecule has 152 valence electrons. The molecule has 0 bridgehead atoms. The lowest BCUT2D eigenvalue weighted by Crippen LogP contribution is -2.19. The lowest BCUT2D eigenvalue weighted by Gasteiger charge is -2.08. The van der Waals surface area contributed by atoms with Gasteiger partial charge in [-0.05, 0) is 43.7 Å². The van der Waals surface area contributed by atoms with E-state index in [9.17, 15) is 14.9 Å². The van der Waals surface area contributed by atoms with Gasteiger partial charge in [0.2, 0.25) is 0 Å². The second-order valence-corrected chi connectivity index (χ2v) is 8.48. The SMILES string of the molecule is CCOCCn1c(=NC(=O)/C=C/c2ccc([N+](=O)[O-])s2)sc2ccc(Cl)c(C)c21. The summed E-state index contributed by atoms with van der Waals surface area (Å²) in [7, 11) is 0. The molecule has 3 rings (SSSR count). The number of fused-ring (bicyclic) bond motifs is 1. The maximum Gasteiger partial charge on any atom is 0.324 e. The van der Waals surface area contributed by atoms with Crippen LogP contribution < -0.4 is 4.80 Å². The Bertz CT molecular complexity index is 1160. The van der Waals surface area contributed by atoms with Crippen LogP contribution in [0, 0.1) is 17.0 Å². The number of carbonyl (C=O) groups is 1. The predicted octanol–water partition coefficient (Wildman–Crippen LogP) is 4.81. The first-order valence-corrected chi connectivity index (χ1v) is 10.8. The number of halogens is 1. The lowest BCUT2D eigenvalue weighted by atomic mass is 10.2. The summed E-state index contributed by atoms with van der Waals surface area (Å²) in [6.07, 6.45) is 2.84. The monoisotopic (exact) mass is 451 g/mol. The minimum Gasteiger partial charge on any atom is -0.380 e. The maximum atomic E-state index is 12.4. The molecule has 2 heterocycles. The normalized spacial score (nSPS) is 12.3. The van der Waals surface area contributed by atoms with Gasteiger partial charge in [0.1, 0.15) is 0 Å². The number of aromatic nitrogens is 1. The Morgan fingerprint density at radius 3 is 2.83 bits per heavy atom. The fourth-order valence-electron chi connectivity index (χ4n) is 2.72. The van der Waals surface area contributed by atoms with Crippen molar-refractivity contribution in [3.63, 3.8) is 0 Å². The largest absolute Gasteiger partial charge is 0.380 e. The summed E-state index contributed by atoms with van der Waals surface area (Å²) in [5.74, 6) is -0.443. The zero-order valence-electron chi connectivity index (χ0n) is 15.8. The van der Waals surface area contributed by atoms with E-state index in [1.807, 2.05) is 30.5 Å². The van der Waals surface area contributed by atoms with E-state index in [2.05, 4.69) is 4.99 Å². The standard InChI is InChI=1S/C19H18ClN3O4S2/c1-3-27-11-10-22-18-12(2)14(20)6-7-15(18)29-19(22)21-16(24)8-4-13-5-9-17(28-13)23(25)26/h4-9H,3,10-11H2,1-2H3/b8-4+,21-19?. The van der Waals surface area contributed by atoms with Crippen LogP contribution in [0.4, 0.5) is 5.00 Å². The van der Waals surface area contributed by atoms with Crippen molar-refractivity contribution in [3.05, 3.63) is 60.7 Å². The van der Waals surface area contributed by atoms with Crippen molar-refractivity contribution in [2.75, 3.05) is 13.2 Å². The van der Waals surface area contributed by atoms with E-state index < -0.39 is 10.8 Å². The van der Waals surface area contributed by atoms with Crippen LogP contribution in [0.15, 0.2) is 35.3 Å². The number of nitrogens with zero attached hydrogens (tertiary/aromatic N) is 3. The van der Waals surface area contributed by atoms with Gasteiger partial charge in [-0.2, -0.15) is 4.99 Å². The van der Waals surface area contributed by atoms with Crippen molar-refractivity contribution < 1.29 is 14.5 Å². The molecule has 10 heteroatoms. The first-order valence-electron chi connectivity index (χ1n) is 8.78. The highest BCUT2D eigenvalue weighted by molar-refractivity contribution is 7.16. The van der Waals surface area contributed by atoms with Crippen LogP contribution in [0.5, 0.6) is 0 Å². The smallest absolute Gasteiger partial charge is 0.324 e. The number of amides is 1. The lowest BCUT2D eigenvalue weighted by molar-refractivity contribution is -0.380. The highest BCUT2D eigenvalue weighted by Crippen LogP contribution is 2.27. The number of benzene rings is 1. The molecule has 0 N–H and O–H groups in total. The zero-order chi connectivity index (χ0) is 21.0. The Morgan fingerprint density at radius 1 is 1.34 bits per heavy atom. The third kappa shape index (κ3) is 4.99. The van der Waals surface area contributed by atoms with E-state index in [0.717, 1.165) is 27.1 Å². The second-order valence-electron chi connectivity index (χ2n) is 5.97. The fourth-order valence-corrected chi connectivity index (χ4v) is 4.72. The molecule has 0 unspecified atom stereocenters. The molecule has 0 fully saturated rings. The number of nitro groups is 1. The van der Waals surface area contributed by atoms with Crippen LogP contribution >= 0.6 is 34.3 Å². The molecule has 0 atom stereocenters. The predicted molar refractivity (Wildman–Crippen MR) is 117 cm³/mol. The Labute approximate surface area is 179 Å². The summed E-state index contributed by atoms with van der Waals surface area (Å²) in [5, 5.41) is 11.4. The van der Waals surface area contributed by atoms with Crippen molar-refractivity contribution in [2.24, 2.45) is 4.99 Å². The maximum absolute atomic E-state index is 12.4. The number of ether oxygens (including phenoxy) is 1. The van der Waals surface area contributed by atoms with Crippen molar-refractivity contribution in [1.29, 1.82) is 0 Å². The van der Waals surface area contributed by atoms with Gasteiger partial charge >= 0.3 is 5.00 Å². The minimum atomic E-state index is -0.458. The number of hydrogen-bond donors (Lipinski definition) is 0. The highest BCUT2D eigenvalue weighted by atomic mass is 35.5. The number of aryl methyl sites for hydroxylation is 1. The number of rotatable bonds is 7. The van der Waals surface area contributed by atoms with Crippen molar-refractivity contribution in [1.82, 2.24) is 4.57 Å². The molecule has 0 aliphatic heterocycles. The number of thiazole rings is 1. The fraction of sp³-hybridized carbons (Fsp3) is 0.263. The average molecular weight is 452 g/mol. The Kier molecular flexibility index (Phi) is 6.96. The van der Waals surface area contributed by atoms with Gasteiger partial charge in [-0.25, -0.2) is 0 Å². The molecule has 7 nitrogen and oxygen atoms in total. The molecule has 0 saturated heterocycles. The van der Waals surface area contributed by atoms with Gasteiger partial charge in [0, 0.05) is 35.2 Å². The summed E-state index contributed by atoms with van der Waals surface area (Å²) in [6, 6.07) is 6.75. The molecule has 0 spiro atoms. The summed E-state index contributed by atoms with van der Waals surface area (Å²) < 4.78 is 8.39. The van der Waals surface area contributed by atoms with Gasteiger partial charge < -0.3 is 9.30 Å². The first-order chi connectivity index (χ1) is 13.9. The van der Waals surface area contributed by atoms with Crippen LogP contribution in [0.25, 0.3) is 16.3 Å². The van der Waals surface area contributed by atoms with Crippen molar-refractivity contribution in [3.8, 4) is 0 Å². The first kappa shape index (κ1) is 21.4. The third-order valence-electron chi connectivity index (χ3n) is 4.08. The molecular weight excluding hydrogens is 434 g/mol. The average Bonchev–Trinajstić information content (AvgIpc) is 3.29. The molecule has 29 heavy (non-hydrogen) atoms. The number of hydrogen-bond acceptors (Lipinski definition) is 6. The quantitative estimate of drug-likeness (QED) is 0.223. The van der Waals surface area contributed by atoms with Gasteiger partial charge in [0.05, 0.1) is 21.7 Å². The Morgan fingerprint density at radius 2 is 2.14 bits per heavy atom. The number of carbonyl (C=O) groups excluding carboxylic acids is 1. The van der Waals surface area contributed by atoms with E-state index in [0.29, 0.717) is 34.5 Å². The molecule has 1 amide bonds. The summed E-state index contributed by atoms with van der Waals surface area (Å²) in [5.41, 5.74) is 1.86. The molecule has 0 saturated carbocycles. The van der Waals surface area contributed by atoms with E-state index in [1.54, 1.807) is 6.07 Å². The van der Waals surface area contributed by atoms with Crippen LogP contribution in [-0.4, -0.2) is 28.6 Å². The Balaban J connectivity index is 1.95. The summed E-state index contributed by atoms with van der Waals surface area (Å²) in [6.45, 7) is 5.49. The van der Waals surface area contributed by atoms with Gasteiger partial charge in [-0.3, -0.25) is 14.9 Å². The molecule has 2 aromatic heterocycles. The molecule has 0 radical (unpaired) electrons. The van der Waals surface area contributed by atoms with Crippen molar-refractivity contribution >= 4 is 61.5 Å². The molecular formula is C19H18ClN3O4S2. The van der Waals surface area contributed by atoms with Gasteiger partial charge in [-0.15, -0.1) is 0 Å². The topological polar surface area (TPSA) is 86.7 Å². The van der Waals surface area contributed by atoms with Gasteiger partial charge in [0.25, 0.3) is 5.91 Å². The van der Waals surface area contributed by atoms with E-state index in [-0.39, 0.29) is 5.00 Å². The summed E-state index contributed by atoms with van der Waals surface area (Å²) >= 11 is 8.69. The van der Waals surface area contributed by atoms with E-state index >= 15 is 0 Å². The minimum absolute atomic E-state index is 0.0275. The zero-order valence-corrected chi connectivity index (χ0v) is 18.1. The molecule has 1 aromatic carbocycles. The second kappa shape index (κ2) is 9.45. The van der Waals surface area contributed by atoms with E-state index in [4.69, 9.17) is 16.3 Å². The molecule has 0 aliphatic carbocycles. The summed E-state index contributed by atoms with van der Waals surface area (Å²) in [4.78, 5) is 28.1.